The first-order chi connectivity index (χ1) is 15.1. The van der Waals surface area contributed by atoms with E-state index >= 15 is 0 Å². The van der Waals surface area contributed by atoms with E-state index in [4.69, 9.17) is 0 Å². The summed E-state index contributed by atoms with van der Waals surface area (Å²) in [6, 6.07) is 17.1. The molecule has 0 aliphatic carbocycles. The van der Waals surface area contributed by atoms with Gasteiger partial charge in [0.2, 0.25) is 5.91 Å². The van der Waals surface area contributed by atoms with Gasteiger partial charge < -0.3 is 9.88 Å². The number of para-hydroxylation sites is 2. The van der Waals surface area contributed by atoms with Crippen molar-refractivity contribution < 1.29 is 14.4 Å². The predicted octanol–water partition coefficient (Wildman–Crippen LogP) is 3.45. The number of nitrogens with one attached hydrogen (secondary N) is 1. The largest absolute Gasteiger partial charge is 0.353 e. The van der Waals surface area contributed by atoms with Gasteiger partial charge in [0.05, 0.1) is 15.9 Å². The van der Waals surface area contributed by atoms with Crippen LogP contribution in [0.15, 0.2) is 59.5 Å². The monoisotopic (exact) mass is 434 g/mol. The molecule has 31 heavy (non-hydrogen) atoms. The van der Waals surface area contributed by atoms with Gasteiger partial charge >= 0.3 is 0 Å². The molecule has 8 heteroatoms. The highest BCUT2D eigenvalue weighted by molar-refractivity contribution is 8.18. The van der Waals surface area contributed by atoms with E-state index in [1.54, 1.807) is 6.08 Å². The lowest BCUT2D eigenvalue weighted by Gasteiger charge is -2.14. The normalized spacial score (nSPS) is 15.3. The van der Waals surface area contributed by atoms with Gasteiger partial charge in [-0.25, -0.2) is 4.98 Å². The molecule has 0 radical (unpaired) electrons. The Bertz CT molecular complexity index is 1170. The molecule has 0 unspecified atom stereocenters. The summed E-state index contributed by atoms with van der Waals surface area (Å²) < 4.78 is 1.90. The van der Waals surface area contributed by atoms with Crippen LogP contribution >= 0.6 is 11.8 Å². The number of aromatic nitrogens is 2. The number of hydrogen-bond donors (Lipinski definition) is 1. The molecule has 2 aromatic carbocycles. The highest BCUT2D eigenvalue weighted by atomic mass is 32.2. The summed E-state index contributed by atoms with van der Waals surface area (Å²) in [5, 5.41) is 2.48. The quantitative estimate of drug-likeness (QED) is 0.576. The average Bonchev–Trinajstić information content (AvgIpc) is 3.26. The Kier molecular flexibility index (Phi) is 6.18. The molecule has 0 saturated carbocycles. The van der Waals surface area contributed by atoms with Crippen LogP contribution in [-0.2, 0) is 22.6 Å². The SMILES string of the molecule is CCc1nc2ccccc2n1CC(=O)NCCN1C(=O)S/C(=C\c2ccccc2)C1=O. The zero-order valence-corrected chi connectivity index (χ0v) is 17.9. The Labute approximate surface area is 184 Å². The first kappa shape index (κ1) is 20.9. The molecular formula is C23H22N4O3S. The van der Waals surface area contributed by atoms with Gasteiger partial charge in [-0.2, -0.15) is 0 Å². The van der Waals surface area contributed by atoms with Crippen molar-refractivity contribution in [1.29, 1.82) is 0 Å². The number of rotatable bonds is 7. The number of imidazole rings is 1. The fraction of sp³-hybridized carbons (Fsp3) is 0.217. The second-order valence-electron chi connectivity index (χ2n) is 7.05. The van der Waals surface area contributed by atoms with Crippen molar-refractivity contribution in [3.8, 4) is 0 Å². The van der Waals surface area contributed by atoms with Gasteiger partial charge in [-0.3, -0.25) is 19.3 Å². The zero-order chi connectivity index (χ0) is 21.8. The number of carbonyl (C=O) groups is 3. The minimum absolute atomic E-state index is 0.133. The lowest BCUT2D eigenvalue weighted by Crippen LogP contribution is -2.38. The summed E-state index contributed by atoms with van der Waals surface area (Å²) in [5.74, 6) is 0.319. The van der Waals surface area contributed by atoms with Crippen LogP contribution in [0.1, 0.15) is 18.3 Å². The van der Waals surface area contributed by atoms with Gasteiger partial charge in [-0.15, -0.1) is 0 Å². The summed E-state index contributed by atoms with van der Waals surface area (Å²) in [4.78, 5) is 43.4. The molecule has 0 atom stereocenters. The summed E-state index contributed by atoms with van der Waals surface area (Å²) in [6.45, 7) is 2.47. The first-order valence-electron chi connectivity index (χ1n) is 10.1. The molecule has 0 spiro atoms. The van der Waals surface area contributed by atoms with Crippen LogP contribution in [0.5, 0.6) is 0 Å². The van der Waals surface area contributed by atoms with Crippen molar-refractivity contribution in [3.63, 3.8) is 0 Å². The third-order valence-corrected chi connectivity index (χ3v) is 5.89. The average molecular weight is 435 g/mol. The smallest absolute Gasteiger partial charge is 0.293 e. The molecule has 3 aromatic rings. The van der Waals surface area contributed by atoms with Crippen molar-refractivity contribution >= 4 is 45.9 Å². The van der Waals surface area contributed by atoms with Crippen LogP contribution in [-0.4, -0.2) is 44.6 Å². The van der Waals surface area contributed by atoms with Crippen LogP contribution < -0.4 is 5.32 Å². The topological polar surface area (TPSA) is 84.3 Å². The summed E-state index contributed by atoms with van der Waals surface area (Å²) in [7, 11) is 0. The van der Waals surface area contributed by atoms with Gasteiger partial charge in [-0.05, 0) is 35.5 Å². The van der Waals surface area contributed by atoms with Crippen LogP contribution in [0.2, 0.25) is 0 Å². The number of aryl methyl sites for hydroxylation is 1. The minimum Gasteiger partial charge on any atom is -0.353 e. The third kappa shape index (κ3) is 4.54. The van der Waals surface area contributed by atoms with E-state index in [-0.39, 0.29) is 36.7 Å². The lowest BCUT2D eigenvalue weighted by molar-refractivity contribution is -0.124. The van der Waals surface area contributed by atoms with E-state index in [0.717, 1.165) is 34.2 Å². The number of thioether (sulfide) groups is 1. The van der Waals surface area contributed by atoms with Gasteiger partial charge in [-0.1, -0.05) is 49.4 Å². The molecular weight excluding hydrogens is 412 g/mol. The molecule has 1 N–H and O–H groups in total. The van der Waals surface area contributed by atoms with Crippen LogP contribution in [0.4, 0.5) is 4.79 Å². The van der Waals surface area contributed by atoms with E-state index in [1.807, 2.05) is 66.1 Å². The Balaban J connectivity index is 1.35. The van der Waals surface area contributed by atoms with Gasteiger partial charge in [0.15, 0.2) is 0 Å². The summed E-state index contributed by atoms with van der Waals surface area (Å²) >= 11 is 0.919. The number of imide groups is 1. The molecule has 3 amide bonds. The van der Waals surface area contributed by atoms with Gasteiger partial charge in [0, 0.05) is 19.5 Å². The number of nitrogens with zero attached hydrogens (tertiary/aromatic N) is 3. The van der Waals surface area contributed by atoms with E-state index in [2.05, 4.69) is 10.3 Å². The molecule has 1 aliphatic rings. The van der Waals surface area contributed by atoms with E-state index in [9.17, 15) is 14.4 Å². The maximum Gasteiger partial charge on any atom is 0.293 e. The fourth-order valence-electron chi connectivity index (χ4n) is 3.47. The van der Waals surface area contributed by atoms with E-state index < -0.39 is 0 Å². The highest BCUT2D eigenvalue weighted by Crippen LogP contribution is 2.31. The standard InChI is InChI=1S/C23H22N4O3S/c1-2-20-25-17-10-6-7-11-18(17)27(20)15-21(28)24-12-13-26-22(29)19(31-23(26)30)14-16-8-4-3-5-9-16/h3-11,14H,2,12-13,15H2,1H3,(H,24,28)/b19-14-. The molecule has 2 heterocycles. The van der Waals surface area contributed by atoms with Crippen LogP contribution in [0, 0.1) is 0 Å². The highest BCUT2D eigenvalue weighted by Gasteiger charge is 2.34. The van der Waals surface area contributed by atoms with Crippen molar-refractivity contribution in [2.45, 2.75) is 19.9 Å². The third-order valence-electron chi connectivity index (χ3n) is 4.98. The Hall–Kier alpha value is -3.39. The van der Waals surface area contributed by atoms with Crippen molar-refractivity contribution in [3.05, 3.63) is 70.9 Å². The molecule has 1 aliphatic heterocycles. The first-order valence-corrected chi connectivity index (χ1v) is 10.9. The maximum atomic E-state index is 12.6. The Morgan fingerprint density at radius 2 is 1.84 bits per heavy atom. The number of carbonyl (C=O) groups excluding carboxylic acids is 3. The number of hydrogen-bond acceptors (Lipinski definition) is 5. The maximum absolute atomic E-state index is 12.6. The molecule has 4 rings (SSSR count). The number of benzene rings is 2. The Morgan fingerprint density at radius 3 is 2.61 bits per heavy atom. The van der Waals surface area contributed by atoms with Crippen molar-refractivity contribution in [2.24, 2.45) is 0 Å². The van der Waals surface area contributed by atoms with Crippen molar-refractivity contribution in [1.82, 2.24) is 19.8 Å². The number of amides is 3. The Morgan fingerprint density at radius 1 is 1.10 bits per heavy atom. The van der Waals surface area contributed by atoms with E-state index in [1.165, 1.54) is 4.90 Å². The minimum atomic E-state index is -0.332. The molecule has 1 saturated heterocycles. The summed E-state index contributed by atoms with van der Waals surface area (Å²) in [6.07, 6.45) is 2.42. The zero-order valence-electron chi connectivity index (χ0n) is 17.1. The predicted molar refractivity (Wildman–Crippen MR) is 121 cm³/mol. The molecule has 1 aromatic heterocycles. The molecule has 1 fully saturated rings. The fourth-order valence-corrected chi connectivity index (χ4v) is 4.34. The second kappa shape index (κ2) is 9.18. The van der Waals surface area contributed by atoms with Gasteiger partial charge in [0.25, 0.3) is 11.1 Å². The number of fused-ring (bicyclic) bond motifs is 1. The van der Waals surface area contributed by atoms with E-state index in [0.29, 0.717) is 11.3 Å². The summed E-state index contributed by atoms with van der Waals surface area (Å²) in [5.41, 5.74) is 2.63. The second-order valence-corrected chi connectivity index (χ2v) is 8.04. The molecule has 158 valence electrons. The molecule has 0 bridgehead atoms. The van der Waals surface area contributed by atoms with Gasteiger partial charge in [0.1, 0.15) is 12.4 Å². The van der Waals surface area contributed by atoms with Crippen molar-refractivity contribution in [2.75, 3.05) is 13.1 Å². The lowest BCUT2D eigenvalue weighted by atomic mass is 10.2. The van der Waals surface area contributed by atoms with Crippen LogP contribution in [0.3, 0.4) is 0 Å². The molecule has 7 nitrogen and oxygen atoms in total. The van der Waals surface area contributed by atoms with Crippen LogP contribution in [0.25, 0.3) is 17.1 Å².